The Kier molecular flexibility index (Phi) is 6.85. The van der Waals surface area contributed by atoms with E-state index in [1.54, 1.807) is 0 Å². The summed E-state index contributed by atoms with van der Waals surface area (Å²) in [6.07, 6.45) is -12.3. The van der Waals surface area contributed by atoms with Crippen LogP contribution in [-0.4, -0.2) is 23.9 Å². The topological polar surface area (TPSA) is 21.7 Å². The lowest BCUT2D eigenvalue weighted by Crippen LogP contribution is -2.42. The molecule has 0 aromatic heterocycles. The molecule has 0 spiro atoms. The van der Waals surface area contributed by atoms with Gasteiger partial charge in [0.1, 0.15) is 11.9 Å². The number of halogens is 8. The van der Waals surface area contributed by atoms with Crippen LogP contribution in [0.5, 0.6) is 0 Å². The van der Waals surface area contributed by atoms with Crippen molar-refractivity contribution in [3.8, 4) is 0 Å². The van der Waals surface area contributed by atoms with E-state index in [0.29, 0.717) is 17.7 Å². The molecule has 0 N–H and O–H groups in total. The molecule has 31 heavy (non-hydrogen) atoms. The van der Waals surface area contributed by atoms with Crippen molar-refractivity contribution < 1.29 is 40.2 Å². The standard InChI is InChI=1S/C20H17ClF7NO2/c1-11(13-8-14(19(23,24)25)10-15(9-13)20(26,27)28)31-18-17(29(21)6-7-30-18)12-2-4-16(22)5-3-12/h2-5,8-11,17-18H,6-7H2,1H3/t11-,17-,18-/m1/s1. The fourth-order valence-electron chi connectivity index (χ4n) is 3.20. The Morgan fingerprint density at radius 2 is 1.55 bits per heavy atom. The van der Waals surface area contributed by atoms with Crippen molar-refractivity contribution >= 4 is 11.8 Å². The highest BCUT2D eigenvalue weighted by molar-refractivity contribution is 6.13. The molecular weight excluding hydrogens is 455 g/mol. The summed E-state index contributed by atoms with van der Waals surface area (Å²) in [5.74, 6) is -0.490. The molecular formula is C20H17ClF7NO2. The molecule has 0 amide bonds. The molecule has 0 radical (unpaired) electrons. The monoisotopic (exact) mass is 471 g/mol. The number of nitrogens with zero attached hydrogens (tertiary/aromatic N) is 1. The van der Waals surface area contributed by atoms with Crippen LogP contribution in [0.4, 0.5) is 30.7 Å². The molecule has 0 saturated carbocycles. The quantitative estimate of drug-likeness (QED) is 0.375. The lowest BCUT2D eigenvalue weighted by atomic mass is 10.0. The molecule has 0 aliphatic carbocycles. The zero-order chi connectivity index (χ0) is 23.0. The van der Waals surface area contributed by atoms with Crippen LogP contribution in [0, 0.1) is 5.82 Å². The van der Waals surface area contributed by atoms with Gasteiger partial charge in [0.25, 0.3) is 0 Å². The van der Waals surface area contributed by atoms with Gasteiger partial charge in [-0.15, -0.1) is 0 Å². The molecule has 170 valence electrons. The summed E-state index contributed by atoms with van der Waals surface area (Å²) in [7, 11) is 0. The second-order valence-corrected chi connectivity index (χ2v) is 7.41. The summed E-state index contributed by atoms with van der Waals surface area (Å²) >= 11 is 6.23. The Hall–Kier alpha value is -1.88. The first kappa shape index (κ1) is 23.8. The average Bonchev–Trinajstić information content (AvgIpc) is 2.67. The minimum Gasteiger partial charge on any atom is -0.349 e. The maximum Gasteiger partial charge on any atom is 0.416 e. The second-order valence-electron chi connectivity index (χ2n) is 6.98. The highest BCUT2D eigenvalue weighted by Gasteiger charge is 2.39. The van der Waals surface area contributed by atoms with E-state index < -0.39 is 47.7 Å². The van der Waals surface area contributed by atoms with Gasteiger partial charge in [-0.3, -0.25) is 0 Å². The van der Waals surface area contributed by atoms with Gasteiger partial charge in [0.05, 0.1) is 23.8 Å². The molecule has 2 aromatic carbocycles. The number of hydrogen-bond donors (Lipinski definition) is 0. The molecule has 1 aliphatic heterocycles. The normalized spacial score (nSPS) is 21.8. The van der Waals surface area contributed by atoms with Gasteiger partial charge < -0.3 is 9.47 Å². The highest BCUT2D eigenvalue weighted by atomic mass is 35.5. The van der Waals surface area contributed by atoms with Crippen LogP contribution in [0.15, 0.2) is 42.5 Å². The Morgan fingerprint density at radius 1 is 1.00 bits per heavy atom. The van der Waals surface area contributed by atoms with Crippen LogP contribution < -0.4 is 0 Å². The van der Waals surface area contributed by atoms with E-state index >= 15 is 0 Å². The molecule has 3 atom stereocenters. The number of benzene rings is 2. The Morgan fingerprint density at radius 3 is 2.06 bits per heavy atom. The van der Waals surface area contributed by atoms with Gasteiger partial charge in [0.2, 0.25) is 0 Å². The largest absolute Gasteiger partial charge is 0.416 e. The zero-order valence-corrected chi connectivity index (χ0v) is 16.7. The maximum atomic E-state index is 13.3. The molecule has 1 saturated heterocycles. The van der Waals surface area contributed by atoms with E-state index in [1.165, 1.54) is 35.6 Å². The summed E-state index contributed by atoms with van der Waals surface area (Å²) < 4.78 is 105. The lowest BCUT2D eigenvalue weighted by Gasteiger charge is -2.38. The van der Waals surface area contributed by atoms with Gasteiger partial charge in [-0.05, 0) is 60.2 Å². The van der Waals surface area contributed by atoms with Gasteiger partial charge in [0, 0.05) is 6.54 Å². The first-order valence-electron chi connectivity index (χ1n) is 9.10. The minimum atomic E-state index is -4.97. The number of rotatable bonds is 4. The minimum absolute atomic E-state index is 0.0507. The first-order valence-corrected chi connectivity index (χ1v) is 9.44. The van der Waals surface area contributed by atoms with Crippen molar-refractivity contribution in [1.82, 2.24) is 4.42 Å². The van der Waals surface area contributed by atoms with Crippen LogP contribution in [0.2, 0.25) is 0 Å². The molecule has 0 bridgehead atoms. The fraction of sp³-hybridized carbons (Fsp3) is 0.400. The maximum absolute atomic E-state index is 13.3. The van der Waals surface area contributed by atoms with Crippen molar-refractivity contribution in [2.75, 3.05) is 13.2 Å². The Balaban J connectivity index is 1.91. The van der Waals surface area contributed by atoms with Gasteiger partial charge in [-0.1, -0.05) is 12.1 Å². The van der Waals surface area contributed by atoms with Gasteiger partial charge in [0.15, 0.2) is 6.29 Å². The number of morpholine rings is 1. The van der Waals surface area contributed by atoms with Gasteiger partial charge in [-0.2, -0.15) is 26.3 Å². The third kappa shape index (κ3) is 5.68. The summed E-state index contributed by atoms with van der Waals surface area (Å²) in [4.78, 5) is 0. The molecule has 2 aromatic rings. The predicted octanol–water partition coefficient (Wildman–Crippen LogP) is 6.49. The molecule has 3 rings (SSSR count). The molecule has 3 nitrogen and oxygen atoms in total. The average molecular weight is 472 g/mol. The van der Waals surface area contributed by atoms with E-state index in [2.05, 4.69) is 0 Å². The first-order chi connectivity index (χ1) is 14.4. The lowest BCUT2D eigenvalue weighted by molar-refractivity contribution is -0.216. The summed E-state index contributed by atoms with van der Waals surface area (Å²) in [5, 5.41) is 0. The van der Waals surface area contributed by atoms with Crippen LogP contribution >= 0.6 is 11.8 Å². The van der Waals surface area contributed by atoms with Gasteiger partial charge in [-0.25, -0.2) is 8.81 Å². The van der Waals surface area contributed by atoms with Crippen LogP contribution in [0.3, 0.4) is 0 Å². The van der Waals surface area contributed by atoms with Crippen LogP contribution in [0.25, 0.3) is 0 Å². The van der Waals surface area contributed by atoms with Crippen molar-refractivity contribution in [3.05, 3.63) is 70.5 Å². The summed E-state index contributed by atoms with van der Waals surface area (Å²) in [6, 6.07) is 5.77. The van der Waals surface area contributed by atoms with Crippen molar-refractivity contribution in [1.29, 1.82) is 0 Å². The smallest absolute Gasteiger partial charge is 0.349 e. The van der Waals surface area contributed by atoms with E-state index in [-0.39, 0.29) is 24.8 Å². The SMILES string of the molecule is C[C@@H](O[C@H]1OCCN(Cl)[C@@H]1c1ccc(F)cc1)c1cc(C(F)(F)F)cc(C(F)(F)F)c1. The molecule has 0 unspecified atom stereocenters. The fourth-order valence-corrected chi connectivity index (χ4v) is 3.48. The predicted molar refractivity (Wildman–Crippen MR) is 97.4 cm³/mol. The number of hydrogen-bond acceptors (Lipinski definition) is 3. The van der Waals surface area contributed by atoms with E-state index in [1.807, 2.05) is 0 Å². The van der Waals surface area contributed by atoms with E-state index in [9.17, 15) is 30.7 Å². The van der Waals surface area contributed by atoms with Crippen LogP contribution in [-0.2, 0) is 21.8 Å². The molecule has 1 fully saturated rings. The van der Waals surface area contributed by atoms with Crippen molar-refractivity contribution in [2.45, 2.75) is 37.7 Å². The van der Waals surface area contributed by atoms with Gasteiger partial charge >= 0.3 is 12.4 Å². The Labute approximate surface area is 178 Å². The number of alkyl halides is 6. The molecule has 1 heterocycles. The summed E-state index contributed by atoms with van der Waals surface area (Å²) in [6.45, 7) is 1.71. The summed E-state index contributed by atoms with van der Waals surface area (Å²) in [5.41, 5.74) is -2.69. The molecule has 1 aliphatic rings. The number of ether oxygens (including phenoxy) is 2. The highest BCUT2D eigenvalue weighted by Crippen LogP contribution is 2.39. The third-order valence-electron chi connectivity index (χ3n) is 4.78. The third-order valence-corrected chi connectivity index (χ3v) is 5.16. The molecule has 11 heteroatoms. The van der Waals surface area contributed by atoms with Crippen molar-refractivity contribution in [2.24, 2.45) is 0 Å². The van der Waals surface area contributed by atoms with Crippen LogP contribution in [0.1, 0.15) is 41.3 Å². The second kappa shape index (κ2) is 8.93. The van der Waals surface area contributed by atoms with Crippen molar-refractivity contribution in [3.63, 3.8) is 0 Å². The van der Waals surface area contributed by atoms with E-state index in [0.717, 1.165) is 0 Å². The van der Waals surface area contributed by atoms with E-state index in [4.69, 9.17) is 21.3 Å². The Bertz CT molecular complexity index is 870. The zero-order valence-electron chi connectivity index (χ0n) is 16.0.